The molecule has 23 heavy (non-hydrogen) atoms. The fourth-order valence-corrected chi connectivity index (χ4v) is 3.54. The number of aromatic hydroxyl groups is 1. The van der Waals surface area contributed by atoms with Gasteiger partial charge in [-0.05, 0) is 30.3 Å². The smallest absolute Gasteiger partial charge is 0.138 e. The van der Waals surface area contributed by atoms with Crippen molar-refractivity contribution < 1.29 is 14.7 Å². The zero-order valence-electron chi connectivity index (χ0n) is 13.3. The van der Waals surface area contributed by atoms with Crippen LogP contribution in [-0.4, -0.2) is 38.4 Å². The van der Waals surface area contributed by atoms with Gasteiger partial charge in [-0.1, -0.05) is 28.1 Å². The van der Waals surface area contributed by atoms with Crippen LogP contribution in [0.1, 0.15) is 5.56 Å². The summed E-state index contributed by atoms with van der Waals surface area (Å²) in [7, 11) is 1.72. The molecule has 1 aliphatic rings. The number of anilines is 1. The molecule has 0 saturated carbocycles. The molecule has 122 valence electrons. The molecule has 0 radical (unpaired) electrons. The average molecular weight is 378 g/mol. The molecule has 4 nitrogen and oxygen atoms in total. The van der Waals surface area contributed by atoms with Crippen LogP contribution >= 0.6 is 15.9 Å². The number of para-hydroxylation sites is 2. The Morgan fingerprint density at radius 1 is 1.17 bits per heavy atom. The Hall–Kier alpha value is -1.72. The summed E-state index contributed by atoms with van der Waals surface area (Å²) in [6, 6.07) is 13.7. The Labute approximate surface area is 145 Å². The zero-order chi connectivity index (χ0) is 16.2. The van der Waals surface area contributed by atoms with Crippen molar-refractivity contribution in [3.63, 3.8) is 0 Å². The van der Waals surface area contributed by atoms with E-state index in [2.05, 4.69) is 26.9 Å². The molecule has 2 N–H and O–H groups in total. The SMILES string of the molecule is COc1ccc(Br)cc1C[NH+]1CCN(c2ccccc2O)CC1. The van der Waals surface area contributed by atoms with Gasteiger partial charge in [-0.15, -0.1) is 0 Å². The fourth-order valence-electron chi connectivity index (χ4n) is 3.13. The first-order chi connectivity index (χ1) is 11.2. The third kappa shape index (κ3) is 3.79. The molecule has 0 atom stereocenters. The van der Waals surface area contributed by atoms with Crippen LogP contribution in [0.3, 0.4) is 0 Å². The van der Waals surface area contributed by atoms with Crippen LogP contribution in [-0.2, 0) is 6.54 Å². The van der Waals surface area contributed by atoms with E-state index in [-0.39, 0.29) is 0 Å². The number of rotatable bonds is 4. The molecule has 0 spiro atoms. The largest absolute Gasteiger partial charge is 0.506 e. The summed E-state index contributed by atoms with van der Waals surface area (Å²) >= 11 is 3.54. The van der Waals surface area contributed by atoms with Gasteiger partial charge in [-0.2, -0.15) is 0 Å². The molecular formula is C18H22BrN2O2+. The second kappa shape index (κ2) is 7.23. The van der Waals surface area contributed by atoms with Gasteiger partial charge in [0.1, 0.15) is 18.0 Å². The molecular weight excluding hydrogens is 356 g/mol. The molecule has 0 bridgehead atoms. The number of halogens is 1. The molecule has 0 aromatic heterocycles. The van der Waals surface area contributed by atoms with Gasteiger partial charge >= 0.3 is 0 Å². The van der Waals surface area contributed by atoms with Gasteiger partial charge in [-0.25, -0.2) is 0 Å². The maximum atomic E-state index is 9.99. The van der Waals surface area contributed by atoms with Crippen LogP contribution in [0.2, 0.25) is 0 Å². The molecule has 1 saturated heterocycles. The minimum absolute atomic E-state index is 0.365. The summed E-state index contributed by atoms with van der Waals surface area (Å²) < 4.78 is 6.55. The van der Waals surface area contributed by atoms with E-state index in [0.717, 1.165) is 48.6 Å². The van der Waals surface area contributed by atoms with Crippen LogP contribution in [0.15, 0.2) is 46.9 Å². The van der Waals surface area contributed by atoms with Crippen molar-refractivity contribution in [1.82, 2.24) is 0 Å². The number of methoxy groups -OCH3 is 1. The number of piperazine rings is 1. The number of hydrogen-bond donors (Lipinski definition) is 2. The summed E-state index contributed by atoms with van der Waals surface area (Å²) in [5, 5.41) is 9.99. The number of ether oxygens (including phenoxy) is 1. The molecule has 2 aromatic carbocycles. The number of quaternary nitrogens is 1. The number of phenolic OH excluding ortho intramolecular Hbond substituents is 1. The Balaban J connectivity index is 1.64. The van der Waals surface area contributed by atoms with Crippen LogP contribution < -0.4 is 14.5 Å². The molecule has 3 rings (SSSR count). The Kier molecular flexibility index (Phi) is 5.08. The van der Waals surface area contributed by atoms with E-state index in [1.807, 2.05) is 30.3 Å². The van der Waals surface area contributed by atoms with E-state index in [4.69, 9.17) is 4.74 Å². The lowest BCUT2D eigenvalue weighted by molar-refractivity contribution is -0.914. The highest BCUT2D eigenvalue weighted by molar-refractivity contribution is 9.10. The Bertz CT molecular complexity index is 670. The lowest BCUT2D eigenvalue weighted by atomic mass is 10.1. The van der Waals surface area contributed by atoms with Gasteiger partial charge in [0.2, 0.25) is 0 Å². The van der Waals surface area contributed by atoms with E-state index in [0.29, 0.717) is 5.75 Å². The maximum absolute atomic E-state index is 9.99. The van der Waals surface area contributed by atoms with Gasteiger partial charge < -0.3 is 19.6 Å². The van der Waals surface area contributed by atoms with Crippen molar-refractivity contribution in [3.8, 4) is 11.5 Å². The lowest BCUT2D eigenvalue weighted by Gasteiger charge is -2.34. The quantitative estimate of drug-likeness (QED) is 0.856. The molecule has 0 aliphatic carbocycles. The Morgan fingerprint density at radius 3 is 2.61 bits per heavy atom. The second-order valence-corrected chi connectivity index (χ2v) is 6.77. The standard InChI is InChI=1S/C18H21BrN2O2/c1-23-18-7-6-15(19)12-14(18)13-20-8-10-21(11-9-20)16-4-2-3-5-17(16)22/h2-7,12,22H,8-11,13H2,1H3/p+1. The molecule has 1 heterocycles. The highest BCUT2D eigenvalue weighted by Crippen LogP contribution is 2.26. The lowest BCUT2D eigenvalue weighted by Crippen LogP contribution is -3.13. The molecule has 2 aromatic rings. The van der Waals surface area contributed by atoms with Gasteiger partial charge in [0.15, 0.2) is 0 Å². The van der Waals surface area contributed by atoms with Crippen molar-refractivity contribution >= 4 is 21.6 Å². The third-order valence-corrected chi connectivity index (χ3v) is 4.87. The van der Waals surface area contributed by atoms with Crippen molar-refractivity contribution in [3.05, 3.63) is 52.5 Å². The average Bonchev–Trinajstić information content (AvgIpc) is 2.56. The van der Waals surface area contributed by atoms with Crippen molar-refractivity contribution in [2.45, 2.75) is 6.54 Å². The minimum Gasteiger partial charge on any atom is -0.506 e. The second-order valence-electron chi connectivity index (χ2n) is 5.86. The summed E-state index contributed by atoms with van der Waals surface area (Å²) in [5.41, 5.74) is 2.17. The minimum atomic E-state index is 0.365. The van der Waals surface area contributed by atoms with Crippen molar-refractivity contribution in [1.29, 1.82) is 0 Å². The van der Waals surface area contributed by atoms with Gasteiger partial charge in [0.25, 0.3) is 0 Å². The highest BCUT2D eigenvalue weighted by atomic mass is 79.9. The topological polar surface area (TPSA) is 37.1 Å². The van der Waals surface area contributed by atoms with E-state index in [1.165, 1.54) is 10.5 Å². The van der Waals surface area contributed by atoms with Crippen LogP contribution in [0.25, 0.3) is 0 Å². The first kappa shape index (κ1) is 16.1. The van der Waals surface area contributed by atoms with E-state index < -0.39 is 0 Å². The summed E-state index contributed by atoms with van der Waals surface area (Å²) in [5.74, 6) is 1.31. The maximum Gasteiger partial charge on any atom is 0.138 e. The normalized spacial score (nSPS) is 15.7. The van der Waals surface area contributed by atoms with Gasteiger partial charge in [-0.3, -0.25) is 0 Å². The van der Waals surface area contributed by atoms with Gasteiger partial charge in [0, 0.05) is 10.0 Å². The molecule has 1 fully saturated rings. The summed E-state index contributed by atoms with van der Waals surface area (Å²) in [6.07, 6.45) is 0. The predicted octanol–water partition coefficient (Wildman–Crippen LogP) is 2.07. The van der Waals surface area contributed by atoms with Crippen LogP contribution in [0.5, 0.6) is 11.5 Å². The van der Waals surface area contributed by atoms with Crippen LogP contribution in [0, 0.1) is 0 Å². The molecule has 5 heteroatoms. The number of hydrogen-bond acceptors (Lipinski definition) is 3. The van der Waals surface area contributed by atoms with E-state index in [9.17, 15) is 5.11 Å². The molecule has 0 amide bonds. The van der Waals surface area contributed by atoms with Crippen LogP contribution in [0.4, 0.5) is 5.69 Å². The first-order valence-electron chi connectivity index (χ1n) is 7.86. The van der Waals surface area contributed by atoms with Gasteiger partial charge in [0.05, 0.1) is 39.0 Å². The monoisotopic (exact) mass is 377 g/mol. The number of nitrogens with one attached hydrogen (secondary N) is 1. The third-order valence-electron chi connectivity index (χ3n) is 4.38. The van der Waals surface area contributed by atoms with Crippen molar-refractivity contribution in [2.24, 2.45) is 0 Å². The summed E-state index contributed by atoms with van der Waals surface area (Å²) in [4.78, 5) is 3.80. The predicted molar refractivity (Wildman–Crippen MR) is 95.4 cm³/mol. The van der Waals surface area contributed by atoms with Crippen molar-refractivity contribution in [2.75, 3.05) is 38.2 Å². The zero-order valence-corrected chi connectivity index (χ0v) is 14.8. The van der Waals surface area contributed by atoms with E-state index >= 15 is 0 Å². The number of benzene rings is 2. The molecule has 0 unspecified atom stereocenters. The molecule has 1 aliphatic heterocycles. The van der Waals surface area contributed by atoms with E-state index in [1.54, 1.807) is 13.2 Å². The first-order valence-corrected chi connectivity index (χ1v) is 8.65. The number of nitrogens with zero attached hydrogens (tertiary/aromatic N) is 1. The summed E-state index contributed by atoms with van der Waals surface area (Å²) in [6.45, 7) is 4.94. The fraction of sp³-hybridized carbons (Fsp3) is 0.333. The number of phenols is 1. The Morgan fingerprint density at radius 2 is 1.91 bits per heavy atom. The highest BCUT2D eigenvalue weighted by Gasteiger charge is 2.22.